The predicted molar refractivity (Wildman–Crippen MR) is 46.7 cm³/mol. The van der Waals surface area contributed by atoms with E-state index in [1.54, 1.807) is 0 Å². The van der Waals surface area contributed by atoms with E-state index in [9.17, 15) is 28.1 Å². The average molecular weight is 251 g/mol. The van der Waals surface area contributed by atoms with E-state index in [1.807, 2.05) is 0 Å². The van der Waals surface area contributed by atoms with Crippen LogP contribution in [-0.2, 0) is 0 Å². The molecule has 1 N–H and O–H groups in total. The van der Waals surface area contributed by atoms with Gasteiger partial charge in [-0.25, -0.2) is 4.79 Å². The van der Waals surface area contributed by atoms with Gasteiger partial charge in [0, 0.05) is 6.07 Å². The number of rotatable bonds is 3. The van der Waals surface area contributed by atoms with Crippen LogP contribution in [0.3, 0.4) is 0 Å². The van der Waals surface area contributed by atoms with Crippen LogP contribution in [0.4, 0.5) is 18.9 Å². The van der Waals surface area contributed by atoms with Gasteiger partial charge in [-0.1, -0.05) is 0 Å². The van der Waals surface area contributed by atoms with Gasteiger partial charge in [-0.2, -0.15) is 0 Å². The third-order valence-corrected chi connectivity index (χ3v) is 1.63. The first-order valence-corrected chi connectivity index (χ1v) is 3.98. The number of carboxylic acids is 1. The van der Waals surface area contributed by atoms with Crippen LogP contribution in [0, 0.1) is 10.1 Å². The molecule has 0 atom stereocenters. The molecule has 6 nitrogen and oxygen atoms in total. The summed E-state index contributed by atoms with van der Waals surface area (Å²) in [6.07, 6.45) is -5.13. The quantitative estimate of drug-likeness (QED) is 0.656. The Balaban J connectivity index is 3.25. The zero-order valence-corrected chi connectivity index (χ0v) is 7.89. The van der Waals surface area contributed by atoms with Gasteiger partial charge >= 0.3 is 12.3 Å². The van der Waals surface area contributed by atoms with Crippen LogP contribution in [-0.4, -0.2) is 22.4 Å². The normalized spacial score (nSPS) is 11.0. The number of halogens is 3. The van der Waals surface area contributed by atoms with Crippen LogP contribution in [0.2, 0.25) is 0 Å². The first-order chi connectivity index (χ1) is 7.70. The van der Waals surface area contributed by atoms with Gasteiger partial charge < -0.3 is 9.84 Å². The number of nitro benzene ring substituents is 1. The molecule has 0 aliphatic carbocycles. The van der Waals surface area contributed by atoms with Gasteiger partial charge in [0.1, 0.15) is 5.56 Å². The number of ether oxygens (including phenoxy) is 1. The maximum Gasteiger partial charge on any atom is 0.573 e. The lowest BCUT2D eigenvalue weighted by molar-refractivity contribution is -0.385. The fraction of sp³-hybridized carbons (Fsp3) is 0.125. The molecule has 0 aliphatic rings. The number of hydrogen-bond acceptors (Lipinski definition) is 4. The van der Waals surface area contributed by atoms with Gasteiger partial charge in [0.2, 0.25) is 0 Å². The summed E-state index contributed by atoms with van der Waals surface area (Å²) in [6.45, 7) is 0. The molecule has 1 aromatic carbocycles. The van der Waals surface area contributed by atoms with Crippen molar-refractivity contribution in [3.63, 3.8) is 0 Å². The van der Waals surface area contributed by atoms with Crippen LogP contribution >= 0.6 is 0 Å². The van der Waals surface area contributed by atoms with Crippen molar-refractivity contribution in [3.8, 4) is 5.75 Å². The summed E-state index contributed by atoms with van der Waals surface area (Å²) in [5.41, 5.74) is -1.51. The fourth-order valence-corrected chi connectivity index (χ4v) is 1.01. The zero-order chi connectivity index (χ0) is 13.2. The average Bonchev–Trinajstić information content (AvgIpc) is 2.14. The summed E-state index contributed by atoms with van der Waals surface area (Å²) < 4.78 is 39.2. The molecule has 17 heavy (non-hydrogen) atoms. The highest BCUT2D eigenvalue weighted by Crippen LogP contribution is 2.30. The number of nitro groups is 1. The van der Waals surface area contributed by atoms with Crippen LogP contribution in [0.1, 0.15) is 10.4 Å². The van der Waals surface area contributed by atoms with Crippen LogP contribution in [0.15, 0.2) is 18.2 Å². The summed E-state index contributed by atoms with van der Waals surface area (Å²) in [5.74, 6) is -2.81. The van der Waals surface area contributed by atoms with E-state index in [0.29, 0.717) is 12.1 Å². The highest BCUT2D eigenvalue weighted by atomic mass is 19.4. The number of carbonyl (C=O) groups is 1. The van der Waals surface area contributed by atoms with E-state index < -0.39 is 34.3 Å². The van der Waals surface area contributed by atoms with E-state index in [0.717, 1.165) is 6.07 Å². The first-order valence-electron chi connectivity index (χ1n) is 3.98. The van der Waals surface area contributed by atoms with Crippen LogP contribution in [0.5, 0.6) is 5.75 Å². The molecule has 0 radical (unpaired) electrons. The standard InChI is InChI=1S/C8H4F3NO5/c9-8(10,11)17-6-3-4(12(15)16)1-2-5(6)7(13)14/h1-3H,(H,13,14). The third kappa shape index (κ3) is 3.33. The maximum absolute atomic E-state index is 11.9. The Bertz CT molecular complexity index is 471. The van der Waals surface area contributed by atoms with E-state index in [-0.39, 0.29) is 0 Å². The number of alkyl halides is 3. The van der Waals surface area contributed by atoms with Crippen molar-refractivity contribution in [3.05, 3.63) is 33.9 Å². The fourth-order valence-electron chi connectivity index (χ4n) is 1.01. The highest BCUT2D eigenvalue weighted by molar-refractivity contribution is 5.91. The Morgan fingerprint density at radius 1 is 1.41 bits per heavy atom. The summed E-state index contributed by atoms with van der Waals surface area (Å²) in [6, 6.07) is 1.84. The molecule has 0 amide bonds. The Labute approximate surface area is 91.4 Å². The lowest BCUT2D eigenvalue weighted by Gasteiger charge is -2.10. The van der Waals surface area contributed by atoms with Gasteiger partial charge in [0.25, 0.3) is 5.69 Å². The van der Waals surface area contributed by atoms with Crippen molar-refractivity contribution in [2.45, 2.75) is 6.36 Å². The molecule has 0 saturated heterocycles. The topological polar surface area (TPSA) is 89.7 Å². The number of nitrogens with zero attached hydrogens (tertiary/aromatic N) is 1. The van der Waals surface area contributed by atoms with Crippen molar-refractivity contribution < 1.29 is 32.7 Å². The van der Waals surface area contributed by atoms with Crippen LogP contribution in [0.25, 0.3) is 0 Å². The lowest BCUT2D eigenvalue weighted by atomic mass is 10.2. The van der Waals surface area contributed by atoms with Crippen molar-refractivity contribution in [2.24, 2.45) is 0 Å². The second-order valence-corrected chi connectivity index (χ2v) is 2.79. The number of hydrogen-bond donors (Lipinski definition) is 1. The summed E-state index contributed by atoms with van der Waals surface area (Å²) in [4.78, 5) is 19.9. The second-order valence-electron chi connectivity index (χ2n) is 2.79. The zero-order valence-electron chi connectivity index (χ0n) is 7.89. The largest absolute Gasteiger partial charge is 0.573 e. The van der Waals surface area contributed by atoms with Gasteiger partial charge in [-0.05, 0) is 6.07 Å². The van der Waals surface area contributed by atoms with E-state index in [4.69, 9.17) is 5.11 Å². The lowest BCUT2D eigenvalue weighted by Crippen LogP contribution is -2.19. The van der Waals surface area contributed by atoms with E-state index in [1.165, 1.54) is 0 Å². The van der Waals surface area contributed by atoms with Gasteiger partial charge in [-0.3, -0.25) is 10.1 Å². The second kappa shape index (κ2) is 4.28. The minimum Gasteiger partial charge on any atom is -0.478 e. The highest BCUT2D eigenvalue weighted by Gasteiger charge is 2.33. The molecule has 1 rings (SSSR count). The third-order valence-electron chi connectivity index (χ3n) is 1.63. The number of carboxylic acid groups (broad SMARTS) is 1. The van der Waals surface area contributed by atoms with Crippen molar-refractivity contribution in [2.75, 3.05) is 0 Å². The molecule has 0 aromatic heterocycles. The molecule has 0 spiro atoms. The van der Waals surface area contributed by atoms with E-state index >= 15 is 0 Å². The molecule has 92 valence electrons. The number of aromatic carboxylic acids is 1. The maximum atomic E-state index is 11.9. The minimum absolute atomic E-state index is 0.400. The molecule has 0 fully saturated rings. The van der Waals surface area contributed by atoms with Crippen molar-refractivity contribution >= 4 is 11.7 Å². The first kappa shape index (κ1) is 12.7. The van der Waals surface area contributed by atoms with Gasteiger partial charge in [-0.15, -0.1) is 13.2 Å². The molecule has 9 heteroatoms. The minimum atomic E-state index is -5.13. The summed E-state index contributed by atoms with van der Waals surface area (Å²) in [7, 11) is 0. The predicted octanol–water partition coefficient (Wildman–Crippen LogP) is 2.19. The molecule has 1 aromatic rings. The Morgan fingerprint density at radius 3 is 2.41 bits per heavy atom. The van der Waals surface area contributed by atoms with Gasteiger partial charge in [0.05, 0.1) is 11.0 Å². The molecule has 0 aliphatic heterocycles. The van der Waals surface area contributed by atoms with Crippen LogP contribution < -0.4 is 4.74 Å². The molecular formula is C8H4F3NO5. The number of non-ortho nitro benzene ring substituents is 1. The molecule has 0 saturated carbocycles. The molecule has 0 bridgehead atoms. The monoisotopic (exact) mass is 251 g/mol. The van der Waals surface area contributed by atoms with Gasteiger partial charge in [0.15, 0.2) is 5.75 Å². The molecule has 0 heterocycles. The summed E-state index contributed by atoms with van der Waals surface area (Å²) >= 11 is 0. The summed E-state index contributed by atoms with van der Waals surface area (Å²) in [5, 5.41) is 18.9. The Morgan fingerprint density at radius 2 is 2.00 bits per heavy atom. The Kier molecular flexibility index (Phi) is 3.21. The van der Waals surface area contributed by atoms with Crippen molar-refractivity contribution in [1.82, 2.24) is 0 Å². The SMILES string of the molecule is O=C(O)c1ccc([N+](=O)[O-])cc1OC(F)(F)F. The Hall–Kier alpha value is -2.32. The smallest absolute Gasteiger partial charge is 0.478 e. The van der Waals surface area contributed by atoms with E-state index in [2.05, 4.69) is 4.74 Å². The van der Waals surface area contributed by atoms with Crippen molar-refractivity contribution in [1.29, 1.82) is 0 Å². The number of benzene rings is 1. The molecule has 0 unspecified atom stereocenters. The molecular weight excluding hydrogens is 247 g/mol.